The number of hydrogen-bond donors (Lipinski definition) is 1. The molecule has 0 saturated heterocycles. The lowest BCUT2D eigenvalue weighted by molar-refractivity contribution is 0.0636. The molecule has 0 aliphatic heterocycles. The van der Waals surface area contributed by atoms with Gasteiger partial charge in [-0.05, 0) is 41.5 Å². The van der Waals surface area contributed by atoms with Crippen molar-refractivity contribution in [1.29, 1.82) is 0 Å². The fourth-order valence-electron chi connectivity index (χ4n) is 2.31. The number of nitrogens with one attached hydrogen (secondary N) is 1. The number of fused-ring (bicyclic) bond motifs is 1. The number of rotatable bonds is 3. The summed E-state index contributed by atoms with van der Waals surface area (Å²) in [5.41, 5.74) is 0.191. The van der Waals surface area contributed by atoms with E-state index < -0.39 is 11.7 Å². The predicted octanol–water partition coefficient (Wildman–Crippen LogP) is 3.15. The van der Waals surface area contributed by atoms with Gasteiger partial charge in [-0.3, -0.25) is 14.7 Å². The molecule has 7 heteroatoms. The fraction of sp³-hybridized carbons (Fsp3) is 0.562. The second-order valence-electron chi connectivity index (χ2n) is 6.71. The molecular weight excluding hydrogens is 296 g/mol. The van der Waals surface area contributed by atoms with E-state index in [2.05, 4.69) is 10.3 Å². The molecule has 0 aliphatic carbocycles. The molecule has 0 aliphatic rings. The molecule has 2 aromatic heterocycles. The topological polar surface area (TPSA) is 78.2 Å². The Labute approximate surface area is 135 Å². The molecule has 2 heterocycles. The number of hydrogen-bond acceptors (Lipinski definition) is 4. The van der Waals surface area contributed by atoms with Gasteiger partial charge in [-0.1, -0.05) is 0 Å². The van der Waals surface area contributed by atoms with Gasteiger partial charge in [-0.25, -0.2) is 9.78 Å². The number of ether oxygens (including phenoxy) is 1. The van der Waals surface area contributed by atoms with Crippen LogP contribution in [-0.4, -0.2) is 25.8 Å². The molecule has 0 spiro atoms. The quantitative estimate of drug-likeness (QED) is 0.942. The molecule has 7 nitrogen and oxygen atoms in total. The Hall–Kier alpha value is -2.31. The number of aryl methyl sites for hydroxylation is 1. The van der Waals surface area contributed by atoms with E-state index in [9.17, 15) is 9.59 Å². The van der Waals surface area contributed by atoms with E-state index in [1.165, 1.54) is 0 Å². The molecule has 1 N–H and O–H groups in total. The van der Waals surface area contributed by atoms with Crippen LogP contribution in [0.1, 0.15) is 47.6 Å². The zero-order chi connectivity index (χ0) is 17.4. The van der Waals surface area contributed by atoms with E-state index in [4.69, 9.17) is 4.74 Å². The molecule has 0 atom stereocenters. The molecule has 126 valence electrons. The molecule has 0 saturated carbocycles. The maximum Gasteiger partial charge on any atom is 0.412 e. The molecule has 2 aromatic rings. The van der Waals surface area contributed by atoms with Gasteiger partial charge in [-0.15, -0.1) is 0 Å². The highest BCUT2D eigenvalue weighted by molar-refractivity contribution is 5.98. The van der Waals surface area contributed by atoms with Crippen LogP contribution in [0.3, 0.4) is 0 Å². The molecule has 0 bridgehead atoms. The molecule has 0 aromatic carbocycles. The lowest BCUT2D eigenvalue weighted by Gasteiger charge is -2.19. The van der Waals surface area contributed by atoms with Crippen LogP contribution < -0.4 is 10.9 Å². The van der Waals surface area contributed by atoms with E-state index in [1.54, 1.807) is 37.9 Å². The minimum Gasteiger partial charge on any atom is -0.444 e. The van der Waals surface area contributed by atoms with Crippen LogP contribution in [0.15, 0.2) is 17.3 Å². The molecule has 1 amide bonds. The zero-order valence-electron chi connectivity index (χ0n) is 14.5. The summed E-state index contributed by atoms with van der Waals surface area (Å²) in [6, 6.07) is -0.0150. The van der Waals surface area contributed by atoms with Crippen molar-refractivity contribution >= 4 is 22.8 Å². The maximum absolute atomic E-state index is 12.7. The summed E-state index contributed by atoms with van der Waals surface area (Å²) < 4.78 is 8.63. The SMILES string of the molecule is CCn1cc(NC(=O)OC(C)(C)C)c2c(=O)n(C(C)C)cnc21. The Balaban J connectivity index is 2.53. The number of anilines is 1. The smallest absolute Gasteiger partial charge is 0.412 e. The number of amides is 1. The Bertz CT molecular complexity index is 781. The lowest BCUT2D eigenvalue weighted by Crippen LogP contribution is -2.28. The van der Waals surface area contributed by atoms with Crippen molar-refractivity contribution in [3.63, 3.8) is 0 Å². The largest absolute Gasteiger partial charge is 0.444 e. The highest BCUT2D eigenvalue weighted by Crippen LogP contribution is 2.22. The van der Waals surface area contributed by atoms with Gasteiger partial charge in [0, 0.05) is 18.8 Å². The Morgan fingerprint density at radius 2 is 2.04 bits per heavy atom. The van der Waals surface area contributed by atoms with Crippen LogP contribution in [-0.2, 0) is 11.3 Å². The van der Waals surface area contributed by atoms with Crippen LogP contribution in [0.5, 0.6) is 0 Å². The van der Waals surface area contributed by atoms with Gasteiger partial charge in [0.2, 0.25) is 0 Å². The Morgan fingerprint density at radius 1 is 1.39 bits per heavy atom. The minimum atomic E-state index is -0.608. The van der Waals surface area contributed by atoms with Crippen molar-refractivity contribution < 1.29 is 9.53 Å². The summed E-state index contributed by atoms with van der Waals surface area (Å²) in [6.07, 6.45) is 2.67. The lowest BCUT2D eigenvalue weighted by atomic mass is 10.2. The van der Waals surface area contributed by atoms with Crippen molar-refractivity contribution in [1.82, 2.24) is 14.1 Å². The van der Waals surface area contributed by atoms with Crippen molar-refractivity contribution in [3.05, 3.63) is 22.9 Å². The summed E-state index contributed by atoms with van der Waals surface area (Å²) in [5.74, 6) is 0. The first-order valence-corrected chi connectivity index (χ1v) is 7.74. The standard InChI is InChI=1S/C16H24N4O3/c1-7-19-8-11(18-15(22)23-16(4,5)6)12-13(19)17-9-20(10(2)3)14(12)21/h8-10H,7H2,1-6H3,(H,18,22). The molecular formula is C16H24N4O3. The predicted molar refractivity (Wildman–Crippen MR) is 89.9 cm³/mol. The average molecular weight is 320 g/mol. The van der Waals surface area contributed by atoms with E-state index in [1.807, 2.05) is 25.3 Å². The number of carbonyl (C=O) groups is 1. The van der Waals surface area contributed by atoms with Crippen molar-refractivity contribution in [2.24, 2.45) is 0 Å². The minimum absolute atomic E-state index is 0.0150. The van der Waals surface area contributed by atoms with Gasteiger partial charge < -0.3 is 9.30 Å². The highest BCUT2D eigenvalue weighted by Gasteiger charge is 2.20. The normalized spacial score (nSPS) is 12.0. The zero-order valence-corrected chi connectivity index (χ0v) is 14.5. The number of carbonyl (C=O) groups excluding carboxylic acids is 1. The van der Waals surface area contributed by atoms with Gasteiger partial charge in [0.1, 0.15) is 23.0 Å². The Morgan fingerprint density at radius 3 is 2.57 bits per heavy atom. The van der Waals surface area contributed by atoms with E-state index in [0.717, 1.165) is 0 Å². The van der Waals surface area contributed by atoms with Gasteiger partial charge >= 0.3 is 6.09 Å². The van der Waals surface area contributed by atoms with E-state index in [-0.39, 0.29) is 11.6 Å². The molecule has 0 unspecified atom stereocenters. The van der Waals surface area contributed by atoms with Crippen molar-refractivity contribution in [2.75, 3.05) is 5.32 Å². The van der Waals surface area contributed by atoms with Gasteiger partial charge in [0.05, 0.1) is 5.69 Å². The van der Waals surface area contributed by atoms with Crippen LogP contribution in [0.2, 0.25) is 0 Å². The van der Waals surface area contributed by atoms with Crippen molar-refractivity contribution in [3.8, 4) is 0 Å². The summed E-state index contributed by atoms with van der Waals surface area (Å²) in [6.45, 7) is 11.8. The van der Waals surface area contributed by atoms with Crippen LogP contribution in [0.25, 0.3) is 11.0 Å². The first-order valence-electron chi connectivity index (χ1n) is 7.74. The van der Waals surface area contributed by atoms with Crippen LogP contribution in [0.4, 0.5) is 10.5 Å². The van der Waals surface area contributed by atoms with Gasteiger partial charge in [0.15, 0.2) is 0 Å². The molecule has 23 heavy (non-hydrogen) atoms. The second kappa shape index (κ2) is 6.06. The second-order valence-corrected chi connectivity index (χ2v) is 6.71. The molecule has 0 fully saturated rings. The maximum atomic E-state index is 12.7. The number of aromatic nitrogens is 3. The van der Waals surface area contributed by atoms with Gasteiger partial charge in [-0.2, -0.15) is 0 Å². The van der Waals surface area contributed by atoms with E-state index in [0.29, 0.717) is 23.3 Å². The third-order valence-electron chi connectivity index (χ3n) is 3.34. The summed E-state index contributed by atoms with van der Waals surface area (Å²) in [7, 11) is 0. The molecule has 2 rings (SSSR count). The molecule has 0 radical (unpaired) electrons. The van der Waals surface area contributed by atoms with Crippen molar-refractivity contribution in [2.45, 2.75) is 59.7 Å². The first-order chi connectivity index (χ1) is 10.6. The Kier molecular flexibility index (Phi) is 4.49. The fourth-order valence-corrected chi connectivity index (χ4v) is 2.31. The third-order valence-corrected chi connectivity index (χ3v) is 3.34. The highest BCUT2D eigenvalue weighted by atomic mass is 16.6. The monoisotopic (exact) mass is 320 g/mol. The summed E-state index contributed by atoms with van der Waals surface area (Å²) >= 11 is 0. The van der Waals surface area contributed by atoms with Crippen LogP contribution >= 0.6 is 0 Å². The van der Waals surface area contributed by atoms with Crippen LogP contribution in [0, 0.1) is 0 Å². The number of nitrogens with zero attached hydrogens (tertiary/aromatic N) is 3. The average Bonchev–Trinajstić information content (AvgIpc) is 2.75. The third kappa shape index (κ3) is 3.55. The first kappa shape index (κ1) is 17.1. The van der Waals surface area contributed by atoms with E-state index >= 15 is 0 Å². The summed E-state index contributed by atoms with van der Waals surface area (Å²) in [4.78, 5) is 29.1. The van der Waals surface area contributed by atoms with Gasteiger partial charge in [0.25, 0.3) is 5.56 Å². The summed E-state index contributed by atoms with van der Waals surface area (Å²) in [5, 5.41) is 3.06.